The predicted molar refractivity (Wildman–Crippen MR) is 94.4 cm³/mol. The Hall–Kier alpha value is -2.81. The smallest absolute Gasteiger partial charge is 0.312 e. The minimum absolute atomic E-state index is 0.0147. The number of aromatic nitrogens is 3. The third-order valence-electron chi connectivity index (χ3n) is 4.66. The highest BCUT2D eigenvalue weighted by molar-refractivity contribution is 5.76. The van der Waals surface area contributed by atoms with Gasteiger partial charge in [0.15, 0.2) is 0 Å². The van der Waals surface area contributed by atoms with Crippen LogP contribution in [-0.2, 0) is 17.9 Å². The highest BCUT2D eigenvalue weighted by Crippen LogP contribution is 2.21. The second-order valence-electron chi connectivity index (χ2n) is 6.45. The zero-order valence-corrected chi connectivity index (χ0v) is 15.0. The highest BCUT2D eigenvalue weighted by atomic mass is 16.6. The number of carbonyl (C=O) groups excluding carboxylic acids is 1. The first-order chi connectivity index (χ1) is 12.5. The summed E-state index contributed by atoms with van der Waals surface area (Å²) in [6.07, 6.45) is 3.61. The van der Waals surface area contributed by atoms with Crippen molar-refractivity contribution in [3.63, 3.8) is 0 Å². The number of rotatable bonds is 5. The number of hydrogen-bond acceptors (Lipinski definition) is 6. The van der Waals surface area contributed by atoms with Crippen LogP contribution in [0.4, 0.5) is 5.69 Å². The van der Waals surface area contributed by atoms with E-state index in [4.69, 9.17) is 0 Å². The summed E-state index contributed by atoms with van der Waals surface area (Å²) in [5.74, 6) is -0.0634. The first-order valence-electron chi connectivity index (χ1n) is 8.53. The molecule has 1 aliphatic rings. The van der Waals surface area contributed by atoms with E-state index in [1.165, 1.54) is 4.68 Å². The van der Waals surface area contributed by atoms with E-state index < -0.39 is 4.92 Å². The molecule has 9 nitrogen and oxygen atoms in total. The van der Waals surface area contributed by atoms with Crippen molar-refractivity contribution in [2.24, 2.45) is 0 Å². The van der Waals surface area contributed by atoms with Gasteiger partial charge in [-0.2, -0.15) is 5.10 Å². The van der Waals surface area contributed by atoms with Crippen LogP contribution < -0.4 is 0 Å². The number of carbonyl (C=O) groups is 1. The predicted octanol–water partition coefficient (Wildman–Crippen LogP) is 1.15. The van der Waals surface area contributed by atoms with Gasteiger partial charge < -0.3 is 4.90 Å². The summed E-state index contributed by atoms with van der Waals surface area (Å²) in [4.78, 5) is 31.4. The average Bonchev–Trinajstić information content (AvgIpc) is 2.90. The molecule has 1 fully saturated rings. The Labute approximate surface area is 151 Å². The van der Waals surface area contributed by atoms with Crippen molar-refractivity contribution in [3.8, 4) is 0 Å². The van der Waals surface area contributed by atoms with Crippen LogP contribution >= 0.6 is 0 Å². The van der Waals surface area contributed by atoms with Crippen LogP contribution in [0, 0.1) is 24.0 Å². The molecule has 1 saturated heterocycles. The number of nitro groups is 1. The molecule has 0 unspecified atom stereocenters. The molecule has 26 heavy (non-hydrogen) atoms. The van der Waals surface area contributed by atoms with Crippen molar-refractivity contribution < 1.29 is 9.72 Å². The topological polar surface area (TPSA) is 97.4 Å². The SMILES string of the molecule is Cc1nn(CC(=O)N2CCN(Cc3cccnc3)CC2)c(C)c1[N+](=O)[O-]. The van der Waals surface area contributed by atoms with E-state index in [2.05, 4.69) is 15.0 Å². The van der Waals surface area contributed by atoms with Gasteiger partial charge in [-0.3, -0.25) is 29.5 Å². The average molecular weight is 358 g/mol. The van der Waals surface area contributed by atoms with Gasteiger partial charge in [-0.15, -0.1) is 0 Å². The fourth-order valence-corrected chi connectivity index (χ4v) is 3.24. The minimum atomic E-state index is -0.449. The standard InChI is InChI=1S/C17H22N6O3/c1-13-17(23(25)26)14(2)22(19-13)12-16(24)21-8-6-20(7-9-21)11-15-4-3-5-18-10-15/h3-5,10H,6-9,11-12H2,1-2H3. The number of pyridine rings is 1. The van der Waals surface area contributed by atoms with Crippen molar-refractivity contribution in [1.29, 1.82) is 0 Å². The third-order valence-corrected chi connectivity index (χ3v) is 4.66. The third kappa shape index (κ3) is 3.88. The molecule has 0 bridgehead atoms. The minimum Gasteiger partial charge on any atom is -0.339 e. The Bertz CT molecular complexity index is 796. The van der Waals surface area contributed by atoms with Crippen molar-refractivity contribution >= 4 is 11.6 Å². The molecule has 1 amide bonds. The summed E-state index contributed by atoms with van der Waals surface area (Å²) in [5.41, 5.74) is 1.89. The van der Waals surface area contributed by atoms with Crippen molar-refractivity contribution in [2.75, 3.05) is 26.2 Å². The van der Waals surface area contributed by atoms with Crippen molar-refractivity contribution in [3.05, 3.63) is 51.6 Å². The molecule has 138 valence electrons. The lowest BCUT2D eigenvalue weighted by Gasteiger charge is -2.34. The van der Waals surface area contributed by atoms with E-state index >= 15 is 0 Å². The molecule has 0 N–H and O–H groups in total. The molecule has 2 aromatic rings. The molecule has 0 radical (unpaired) electrons. The zero-order chi connectivity index (χ0) is 18.7. The monoisotopic (exact) mass is 358 g/mol. The number of amides is 1. The van der Waals surface area contributed by atoms with Gasteiger partial charge in [0.05, 0.1) is 4.92 Å². The summed E-state index contributed by atoms with van der Waals surface area (Å²) < 4.78 is 1.43. The molecular formula is C17H22N6O3. The fourth-order valence-electron chi connectivity index (χ4n) is 3.24. The Balaban J connectivity index is 1.56. The second kappa shape index (κ2) is 7.61. The number of piperazine rings is 1. The van der Waals surface area contributed by atoms with Crippen LogP contribution in [0.5, 0.6) is 0 Å². The molecular weight excluding hydrogens is 336 g/mol. The maximum absolute atomic E-state index is 12.5. The Kier molecular flexibility index (Phi) is 5.27. The molecule has 3 heterocycles. The fraction of sp³-hybridized carbons (Fsp3) is 0.471. The quantitative estimate of drug-likeness (QED) is 0.587. The summed E-state index contributed by atoms with van der Waals surface area (Å²) in [5, 5.41) is 15.2. The molecule has 0 saturated carbocycles. The van der Waals surface area contributed by atoms with Crippen LogP contribution in [0.15, 0.2) is 24.5 Å². The Morgan fingerprint density at radius 1 is 1.27 bits per heavy atom. The molecule has 3 rings (SSSR count). The normalized spacial score (nSPS) is 15.2. The maximum atomic E-state index is 12.5. The number of aryl methyl sites for hydroxylation is 1. The van der Waals surface area contributed by atoms with Gasteiger partial charge >= 0.3 is 5.69 Å². The first-order valence-corrected chi connectivity index (χ1v) is 8.53. The van der Waals surface area contributed by atoms with Gasteiger partial charge in [0.25, 0.3) is 0 Å². The lowest BCUT2D eigenvalue weighted by molar-refractivity contribution is -0.386. The molecule has 2 aromatic heterocycles. The van der Waals surface area contributed by atoms with Gasteiger partial charge in [-0.25, -0.2) is 0 Å². The van der Waals surface area contributed by atoms with Crippen LogP contribution in [-0.4, -0.2) is 61.6 Å². The lowest BCUT2D eigenvalue weighted by Crippen LogP contribution is -2.49. The summed E-state index contributed by atoms with van der Waals surface area (Å²) >= 11 is 0. The van der Waals surface area contributed by atoms with Crippen LogP contribution in [0.1, 0.15) is 17.0 Å². The Morgan fingerprint density at radius 3 is 2.58 bits per heavy atom. The molecule has 1 aliphatic heterocycles. The van der Waals surface area contributed by atoms with E-state index in [0.717, 1.165) is 25.2 Å². The summed E-state index contributed by atoms with van der Waals surface area (Å²) in [6.45, 7) is 6.92. The van der Waals surface area contributed by atoms with Crippen molar-refractivity contribution in [2.45, 2.75) is 26.9 Å². The molecule has 0 spiro atoms. The Morgan fingerprint density at radius 2 is 2.00 bits per heavy atom. The van der Waals surface area contributed by atoms with E-state index in [-0.39, 0.29) is 18.1 Å². The van der Waals surface area contributed by atoms with E-state index in [9.17, 15) is 14.9 Å². The second-order valence-corrected chi connectivity index (χ2v) is 6.45. The van der Waals surface area contributed by atoms with E-state index in [1.54, 1.807) is 24.9 Å². The van der Waals surface area contributed by atoms with Crippen molar-refractivity contribution in [1.82, 2.24) is 24.6 Å². The molecule has 9 heteroatoms. The lowest BCUT2D eigenvalue weighted by atomic mass is 10.2. The number of hydrogen-bond donors (Lipinski definition) is 0. The van der Waals surface area contributed by atoms with Gasteiger partial charge in [-0.05, 0) is 25.5 Å². The van der Waals surface area contributed by atoms with Crippen LogP contribution in [0.25, 0.3) is 0 Å². The zero-order valence-electron chi connectivity index (χ0n) is 15.0. The summed E-state index contributed by atoms with van der Waals surface area (Å²) in [6, 6.07) is 3.96. The van der Waals surface area contributed by atoms with E-state index in [1.807, 2.05) is 18.3 Å². The van der Waals surface area contributed by atoms with Gasteiger partial charge in [0.2, 0.25) is 5.91 Å². The van der Waals surface area contributed by atoms with Gasteiger partial charge in [0, 0.05) is 45.1 Å². The first kappa shape index (κ1) is 18.0. The molecule has 0 aromatic carbocycles. The number of nitrogens with zero attached hydrogens (tertiary/aromatic N) is 6. The molecule has 0 atom stereocenters. The highest BCUT2D eigenvalue weighted by Gasteiger charge is 2.26. The largest absolute Gasteiger partial charge is 0.339 e. The van der Waals surface area contributed by atoms with Gasteiger partial charge in [-0.1, -0.05) is 6.07 Å². The van der Waals surface area contributed by atoms with Gasteiger partial charge in [0.1, 0.15) is 17.9 Å². The summed E-state index contributed by atoms with van der Waals surface area (Å²) in [7, 11) is 0. The van der Waals surface area contributed by atoms with E-state index in [0.29, 0.717) is 24.5 Å². The maximum Gasteiger partial charge on any atom is 0.312 e. The van der Waals surface area contributed by atoms with Crippen LogP contribution in [0.3, 0.4) is 0 Å². The van der Waals surface area contributed by atoms with Crippen LogP contribution in [0.2, 0.25) is 0 Å². The molecule has 0 aliphatic carbocycles.